The SMILES string of the molecule is CCOC(=O)c1nn(-c2ccc(F)cc2)c(=O)c2c(NC(=O)c3ccc(F)cc3Cl)scc12. The highest BCUT2D eigenvalue weighted by Gasteiger charge is 2.24. The van der Waals surface area contributed by atoms with Crippen LogP contribution in [0, 0.1) is 11.6 Å². The lowest BCUT2D eigenvalue weighted by atomic mass is 10.2. The molecule has 0 fully saturated rings. The molecule has 168 valence electrons. The maximum absolute atomic E-state index is 13.4. The zero-order valence-electron chi connectivity index (χ0n) is 16.9. The molecule has 1 amide bonds. The van der Waals surface area contributed by atoms with Gasteiger partial charge in [-0.25, -0.2) is 13.6 Å². The van der Waals surface area contributed by atoms with E-state index in [0.29, 0.717) is 0 Å². The Labute approximate surface area is 194 Å². The quantitative estimate of drug-likeness (QED) is 0.406. The minimum Gasteiger partial charge on any atom is -0.461 e. The Morgan fingerprint density at radius 3 is 2.52 bits per heavy atom. The number of esters is 1. The van der Waals surface area contributed by atoms with Gasteiger partial charge in [-0.05, 0) is 49.4 Å². The van der Waals surface area contributed by atoms with Crippen molar-refractivity contribution in [1.82, 2.24) is 9.78 Å². The molecule has 0 unspecified atom stereocenters. The highest BCUT2D eigenvalue weighted by atomic mass is 35.5. The van der Waals surface area contributed by atoms with Gasteiger partial charge in [0.25, 0.3) is 11.5 Å². The normalized spacial score (nSPS) is 10.9. The first-order valence-electron chi connectivity index (χ1n) is 9.54. The summed E-state index contributed by atoms with van der Waals surface area (Å²) in [4.78, 5) is 38.6. The largest absolute Gasteiger partial charge is 0.461 e. The van der Waals surface area contributed by atoms with Gasteiger partial charge >= 0.3 is 5.97 Å². The van der Waals surface area contributed by atoms with E-state index in [4.69, 9.17) is 16.3 Å². The zero-order valence-corrected chi connectivity index (χ0v) is 18.5. The number of fused-ring (bicyclic) bond motifs is 1. The third kappa shape index (κ3) is 4.35. The van der Waals surface area contributed by atoms with Crippen LogP contribution >= 0.6 is 22.9 Å². The molecule has 1 N–H and O–H groups in total. The molecule has 4 rings (SSSR count). The lowest BCUT2D eigenvalue weighted by Crippen LogP contribution is -2.25. The summed E-state index contributed by atoms with van der Waals surface area (Å²) in [5, 5.41) is 8.43. The second-order valence-corrected chi connectivity index (χ2v) is 7.98. The van der Waals surface area contributed by atoms with Crippen molar-refractivity contribution in [2.45, 2.75) is 6.92 Å². The lowest BCUT2D eigenvalue weighted by Gasteiger charge is -2.10. The fourth-order valence-electron chi connectivity index (χ4n) is 3.09. The molecular formula is C22H14ClF2N3O4S. The van der Waals surface area contributed by atoms with E-state index in [2.05, 4.69) is 10.4 Å². The number of hydrogen-bond acceptors (Lipinski definition) is 6. The number of carbonyl (C=O) groups excluding carboxylic acids is 2. The minimum atomic E-state index is -0.768. The van der Waals surface area contributed by atoms with Crippen molar-refractivity contribution in [3.63, 3.8) is 0 Å². The molecule has 0 atom stereocenters. The second-order valence-electron chi connectivity index (χ2n) is 6.69. The van der Waals surface area contributed by atoms with E-state index in [9.17, 15) is 23.2 Å². The first kappa shape index (κ1) is 22.6. The standard InChI is InChI=1S/C22H14ClF2N3O4S/c1-2-32-22(31)18-15-10-33-20(26-19(29)14-8-5-12(25)9-16(14)23)17(15)21(30)28(27-18)13-6-3-11(24)4-7-13/h3-10H,2H2,1H3,(H,26,29). The number of nitrogens with zero attached hydrogens (tertiary/aromatic N) is 2. The number of hydrogen-bond donors (Lipinski definition) is 1. The smallest absolute Gasteiger partial charge is 0.359 e. The van der Waals surface area contributed by atoms with Gasteiger partial charge in [-0.2, -0.15) is 9.78 Å². The summed E-state index contributed by atoms with van der Waals surface area (Å²) in [7, 11) is 0. The van der Waals surface area contributed by atoms with Crippen LogP contribution in [0.15, 0.2) is 52.6 Å². The Kier molecular flexibility index (Phi) is 6.21. The molecule has 0 aliphatic rings. The van der Waals surface area contributed by atoms with Crippen LogP contribution in [0.25, 0.3) is 16.5 Å². The third-order valence-electron chi connectivity index (χ3n) is 4.60. The van der Waals surface area contributed by atoms with Crippen molar-refractivity contribution in [3.05, 3.63) is 86.1 Å². The molecule has 0 aliphatic heterocycles. The number of aromatic nitrogens is 2. The molecular weight excluding hydrogens is 476 g/mol. The number of ether oxygens (including phenoxy) is 1. The molecule has 7 nitrogen and oxygen atoms in total. The topological polar surface area (TPSA) is 90.3 Å². The van der Waals surface area contributed by atoms with Crippen LogP contribution in [0.1, 0.15) is 27.8 Å². The van der Waals surface area contributed by atoms with Crippen LogP contribution in [-0.4, -0.2) is 28.3 Å². The van der Waals surface area contributed by atoms with Gasteiger partial charge in [-0.15, -0.1) is 11.3 Å². The van der Waals surface area contributed by atoms with Crippen molar-refractivity contribution < 1.29 is 23.1 Å². The summed E-state index contributed by atoms with van der Waals surface area (Å²) in [5.41, 5.74) is -0.587. The maximum atomic E-state index is 13.4. The molecule has 4 aromatic rings. The van der Waals surface area contributed by atoms with Crippen LogP contribution in [0.2, 0.25) is 5.02 Å². The number of anilines is 1. The van der Waals surface area contributed by atoms with E-state index in [-0.39, 0.29) is 44.3 Å². The number of amides is 1. The summed E-state index contributed by atoms with van der Waals surface area (Å²) >= 11 is 6.96. The molecule has 2 aromatic carbocycles. The zero-order chi connectivity index (χ0) is 23.7. The van der Waals surface area contributed by atoms with Gasteiger partial charge in [0.2, 0.25) is 0 Å². The van der Waals surface area contributed by atoms with E-state index in [1.54, 1.807) is 6.92 Å². The minimum absolute atomic E-state index is 0.00171. The van der Waals surface area contributed by atoms with Gasteiger partial charge in [0.05, 0.1) is 28.3 Å². The Hall–Kier alpha value is -3.63. The van der Waals surface area contributed by atoms with Gasteiger partial charge in [0.1, 0.15) is 16.6 Å². The fourth-order valence-corrected chi connectivity index (χ4v) is 4.28. The average Bonchev–Trinajstić information content (AvgIpc) is 3.19. The monoisotopic (exact) mass is 489 g/mol. The molecule has 2 aromatic heterocycles. The van der Waals surface area contributed by atoms with Crippen LogP contribution in [0.3, 0.4) is 0 Å². The van der Waals surface area contributed by atoms with Crippen LogP contribution in [0.4, 0.5) is 13.8 Å². The third-order valence-corrected chi connectivity index (χ3v) is 5.80. The van der Waals surface area contributed by atoms with Crippen LogP contribution in [0.5, 0.6) is 0 Å². The number of halogens is 3. The molecule has 11 heteroatoms. The van der Waals surface area contributed by atoms with Gasteiger partial charge in [0, 0.05) is 10.8 Å². The van der Waals surface area contributed by atoms with E-state index in [1.165, 1.54) is 23.6 Å². The molecule has 0 saturated heterocycles. The highest BCUT2D eigenvalue weighted by molar-refractivity contribution is 7.16. The molecule has 33 heavy (non-hydrogen) atoms. The van der Waals surface area contributed by atoms with Crippen molar-refractivity contribution >= 4 is 50.6 Å². The van der Waals surface area contributed by atoms with E-state index in [0.717, 1.165) is 40.3 Å². The number of carbonyl (C=O) groups is 2. The summed E-state index contributed by atoms with van der Waals surface area (Å²) in [6.45, 7) is 1.70. The lowest BCUT2D eigenvalue weighted by molar-refractivity contribution is 0.0520. The van der Waals surface area contributed by atoms with Crippen LogP contribution in [-0.2, 0) is 4.74 Å². The maximum Gasteiger partial charge on any atom is 0.359 e. The van der Waals surface area contributed by atoms with Crippen molar-refractivity contribution in [1.29, 1.82) is 0 Å². The molecule has 0 saturated carbocycles. The number of nitrogens with one attached hydrogen (secondary N) is 1. The van der Waals surface area contributed by atoms with Crippen molar-refractivity contribution in [2.75, 3.05) is 11.9 Å². The Morgan fingerprint density at radius 1 is 1.15 bits per heavy atom. The summed E-state index contributed by atoms with van der Waals surface area (Å²) in [6.07, 6.45) is 0. The summed E-state index contributed by atoms with van der Waals surface area (Å²) < 4.78 is 32.7. The fraction of sp³-hybridized carbons (Fsp3) is 0.0909. The first-order valence-corrected chi connectivity index (χ1v) is 10.8. The average molecular weight is 490 g/mol. The van der Waals surface area contributed by atoms with Gasteiger partial charge in [-0.1, -0.05) is 11.6 Å². The predicted molar refractivity (Wildman–Crippen MR) is 120 cm³/mol. The Morgan fingerprint density at radius 2 is 1.85 bits per heavy atom. The highest BCUT2D eigenvalue weighted by Crippen LogP contribution is 2.31. The Balaban J connectivity index is 1.88. The molecule has 0 radical (unpaired) electrons. The van der Waals surface area contributed by atoms with Crippen molar-refractivity contribution in [3.8, 4) is 5.69 Å². The number of thiophene rings is 1. The first-order chi connectivity index (χ1) is 15.8. The van der Waals surface area contributed by atoms with Gasteiger partial charge < -0.3 is 10.1 Å². The second kappa shape index (κ2) is 9.08. The van der Waals surface area contributed by atoms with Crippen LogP contribution < -0.4 is 10.9 Å². The van der Waals surface area contributed by atoms with Gasteiger partial charge in [-0.3, -0.25) is 9.59 Å². The number of rotatable bonds is 5. The van der Waals surface area contributed by atoms with E-state index >= 15 is 0 Å². The molecule has 0 bridgehead atoms. The predicted octanol–water partition coefficient (Wildman–Crippen LogP) is 4.81. The molecule has 2 heterocycles. The van der Waals surface area contributed by atoms with Gasteiger partial charge in [0.15, 0.2) is 5.69 Å². The van der Waals surface area contributed by atoms with E-state index < -0.39 is 29.1 Å². The summed E-state index contributed by atoms with van der Waals surface area (Å²) in [5.74, 6) is -2.56. The van der Waals surface area contributed by atoms with E-state index in [1.807, 2.05) is 0 Å². The Bertz CT molecular complexity index is 1450. The summed E-state index contributed by atoms with van der Waals surface area (Å²) in [6, 6.07) is 8.23. The van der Waals surface area contributed by atoms with Crippen molar-refractivity contribution in [2.24, 2.45) is 0 Å². The molecule has 0 aliphatic carbocycles. The molecule has 0 spiro atoms. The number of benzene rings is 2.